The first-order chi connectivity index (χ1) is 15.0. The van der Waals surface area contributed by atoms with Gasteiger partial charge in [0.15, 0.2) is 0 Å². The number of para-hydroxylation sites is 2. The fraction of sp³-hybridized carbons (Fsp3) is 0.292. The third kappa shape index (κ3) is 3.33. The van der Waals surface area contributed by atoms with E-state index in [9.17, 15) is 9.59 Å². The van der Waals surface area contributed by atoms with Crippen molar-refractivity contribution in [3.63, 3.8) is 0 Å². The average molecular weight is 431 g/mol. The summed E-state index contributed by atoms with van der Waals surface area (Å²) in [6, 6.07) is 11.7. The molecule has 1 aliphatic carbocycles. The molecule has 2 aromatic heterocycles. The number of carbonyl (C=O) groups excluding carboxylic acids is 2. The number of rotatable bonds is 4. The van der Waals surface area contributed by atoms with Crippen molar-refractivity contribution >= 4 is 40.1 Å². The highest BCUT2D eigenvalue weighted by Gasteiger charge is 2.50. The third-order valence-electron chi connectivity index (χ3n) is 6.42. The number of imidazole rings is 1. The van der Waals surface area contributed by atoms with Crippen molar-refractivity contribution in [1.82, 2.24) is 14.5 Å². The normalized spacial score (nSPS) is 22.3. The third-order valence-corrected chi connectivity index (χ3v) is 7.44. The SMILES string of the molecule is C#Cc1ccc(C(=O)Nc2nc3ccccc3n2[C@H]2C[C@@]3(CCN(C(=O)C=C)C3)C2)s1. The maximum absolute atomic E-state index is 12.8. The largest absolute Gasteiger partial charge is 0.339 e. The number of carbonyl (C=O) groups is 2. The number of hydrogen-bond donors (Lipinski definition) is 1. The molecule has 0 radical (unpaired) electrons. The highest BCUT2D eigenvalue weighted by Crippen LogP contribution is 2.55. The number of nitrogens with one attached hydrogen (secondary N) is 1. The number of fused-ring (bicyclic) bond motifs is 1. The highest BCUT2D eigenvalue weighted by molar-refractivity contribution is 7.14. The van der Waals surface area contributed by atoms with Gasteiger partial charge in [0, 0.05) is 19.1 Å². The first-order valence-electron chi connectivity index (χ1n) is 10.3. The molecule has 3 aromatic rings. The van der Waals surface area contributed by atoms with Gasteiger partial charge >= 0.3 is 0 Å². The van der Waals surface area contributed by atoms with Crippen LogP contribution in [0, 0.1) is 17.8 Å². The van der Waals surface area contributed by atoms with Gasteiger partial charge < -0.3 is 9.47 Å². The predicted octanol–water partition coefficient (Wildman–Crippen LogP) is 4.07. The molecule has 0 unspecified atom stereocenters. The number of hydrogen-bond acceptors (Lipinski definition) is 4. The number of nitrogens with zero attached hydrogens (tertiary/aromatic N) is 3. The summed E-state index contributed by atoms with van der Waals surface area (Å²) in [5.74, 6) is 2.91. The van der Waals surface area contributed by atoms with E-state index in [2.05, 4.69) is 22.4 Å². The molecular formula is C24H22N4O2S. The minimum atomic E-state index is -0.208. The molecule has 3 heterocycles. The van der Waals surface area contributed by atoms with Gasteiger partial charge in [0.05, 0.1) is 20.8 Å². The number of benzene rings is 1. The van der Waals surface area contributed by atoms with Gasteiger partial charge in [-0.1, -0.05) is 24.6 Å². The van der Waals surface area contributed by atoms with Crippen LogP contribution in [0.5, 0.6) is 0 Å². The molecule has 1 saturated heterocycles. The summed E-state index contributed by atoms with van der Waals surface area (Å²) in [7, 11) is 0. The predicted molar refractivity (Wildman–Crippen MR) is 122 cm³/mol. The Morgan fingerprint density at radius 3 is 2.84 bits per heavy atom. The molecule has 0 bridgehead atoms. The standard InChI is InChI=1S/C24H22N4O2S/c1-3-17-9-10-20(31-17)22(30)26-23-25-18-7-5-6-8-19(18)28(23)16-13-24(14-16)11-12-27(15-24)21(29)4-2/h1,4-10,16H,2,11-15H2,(H,25,26,30)/t16-,24-. The van der Waals surface area contributed by atoms with Crippen molar-refractivity contribution in [3.05, 3.63) is 58.8 Å². The van der Waals surface area contributed by atoms with Gasteiger partial charge in [-0.25, -0.2) is 4.98 Å². The van der Waals surface area contributed by atoms with Crippen molar-refractivity contribution < 1.29 is 9.59 Å². The summed E-state index contributed by atoms with van der Waals surface area (Å²) in [5.41, 5.74) is 2.00. The van der Waals surface area contributed by atoms with E-state index >= 15 is 0 Å². The molecule has 2 amide bonds. The molecule has 1 spiro atoms. The van der Waals surface area contributed by atoms with Gasteiger partial charge in [-0.2, -0.15) is 0 Å². The van der Waals surface area contributed by atoms with Crippen molar-refractivity contribution in [2.45, 2.75) is 25.3 Å². The Labute approximate surface area is 184 Å². The first kappa shape index (κ1) is 19.6. The van der Waals surface area contributed by atoms with E-state index in [-0.39, 0.29) is 23.3 Å². The number of thiophene rings is 1. The van der Waals surface area contributed by atoms with Gasteiger partial charge in [0.25, 0.3) is 5.91 Å². The number of amides is 2. The van der Waals surface area contributed by atoms with Crippen LogP contribution in [0.1, 0.15) is 39.9 Å². The molecule has 1 aliphatic heterocycles. The van der Waals surface area contributed by atoms with E-state index in [4.69, 9.17) is 11.4 Å². The first-order valence-corrected chi connectivity index (χ1v) is 11.1. The van der Waals surface area contributed by atoms with E-state index in [1.807, 2.05) is 29.2 Å². The second kappa shape index (κ2) is 7.40. The van der Waals surface area contributed by atoms with E-state index in [1.165, 1.54) is 17.4 Å². The Hall–Kier alpha value is -3.37. The molecule has 6 nitrogen and oxygen atoms in total. The summed E-state index contributed by atoms with van der Waals surface area (Å²) in [4.78, 5) is 32.7. The summed E-state index contributed by atoms with van der Waals surface area (Å²) < 4.78 is 2.15. The van der Waals surface area contributed by atoms with Gasteiger partial charge in [-0.15, -0.1) is 17.8 Å². The molecule has 156 valence electrons. The molecule has 1 saturated carbocycles. The topological polar surface area (TPSA) is 67.2 Å². The number of anilines is 1. The minimum Gasteiger partial charge on any atom is -0.339 e. The quantitative estimate of drug-likeness (QED) is 0.501. The summed E-state index contributed by atoms with van der Waals surface area (Å²) in [5, 5.41) is 2.99. The summed E-state index contributed by atoms with van der Waals surface area (Å²) >= 11 is 1.29. The fourth-order valence-electron chi connectivity index (χ4n) is 4.91. The fourth-order valence-corrected chi connectivity index (χ4v) is 5.62. The van der Waals surface area contributed by atoms with E-state index in [0.29, 0.717) is 10.8 Å². The Morgan fingerprint density at radius 1 is 1.29 bits per heavy atom. The zero-order chi connectivity index (χ0) is 21.6. The monoisotopic (exact) mass is 430 g/mol. The van der Waals surface area contributed by atoms with E-state index < -0.39 is 0 Å². The van der Waals surface area contributed by atoms with Crippen LogP contribution < -0.4 is 5.32 Å². The second-order valence-electron chi connectivity index (χ2n) is 8.33. The number of likely N-dealkylation sites (tertiary alicyclic amines) is 1. The van der Waals surface area contributed by atoms with E-state index in [0.717, 1.165) is 48.3 Å². The Bertz CT molecular complexity index is 1240. The van der Waals surface area contributed by atoms with Crippen LogP contribution in [-0.4, -0.2) is 39.4 Å². The summed E-state index contributed by atoms with van der Waals surface area (Å²) in [6.45, 7) is 5.15. The van der Waals surface area contributed by atoms with Crippen LogP contribution in [0.2, 0.25) is 0 Å². The van der Waals surface area contributed by atoms with Crippen LogP contribution in [0.15, 0.2) is 49.1 Å². The van der Waals surface area contributed by atoms with Crippen LogP contribution in [-0.2, 0) is 4.79 Å². The van der Waals surface area contributed by atoms with Crippen LogP contribution in [0.3, 0.4) is 0 Å². The summed E-state index contributed by atoms with van der Waals surface area (Å²) in [6.07, 6.45) is 9.74. The molecule has 0 atom stereocenters. The molecule has 1 N–H and O–H groups in total. The van der Waals surface area contributed by atoms with Crippen molar-refractivity contribution in [2.24, 2.45) is 5.41 Å². The molecule has 7 heteroatoms. The maximum Gasteiger partial charge on any atom is 0.268 e. The van der Waals surface area contributed by atoms with Crippen LogP contribution >= 0.6 is 11.3 Å². The minimum absolute atomic E-state index is 0.00337. The van der Waals surface area contributed by atoms with Crippen LogP contribution in [0.25, 0.3) is 11.0 Å². The molecule has 31 heavy (non-hydrogen) atoms. The number of aromatic nitrogens is 2. The highest BCUT2D eigenvalue weighted by atomic mass is 32.1. The Morgan fingerprint density at radius 2 is 2.10 bits per heavy atom. The zero-order valence-corrected chi connectivity index (χ0v) is 17.8. The van der Waals surface area contributed by atoms with Gasteiger partial charge in [0.2, 0.25) is 11.9 Å². The molecule has 1 aromatic carbocycles. The molecule has 5 rings (SSSR count). The lowest BCUT2D eigenvalue weighted by atomic mass is 9.65. The van der Waals surface area contributed by atoms with Crippen LogP contribution in [0.4, 0.5) is 5.95 Å². The van der Waals surface area contributed by atoms with Crippen molar-refractivity contribution in [2.75, 3.05) is 18.4 Å². The second-order valence-corrected chi connectivity index (χ2v) is 9.42. The van der Waals surface area contributed by atoms with Gasteiger partial charge in [-0.3, -0.25) is 14.9 Å². The molecule has 2 fully saturated rings. The van der Waals surface area contributed by atoms with Crippen molar-refractivity contribution in [3.8, 4) is 12.3 Å². The molecular weight excluding hydrogens is 408 g/mol. The lowest BCUT2D eigenvalue weighted by molar-refractivity contribution is -0.125. The smallest absolute Gasteiger partial charge is 0.268 e. The van der Waals surface area contributed by atoms with Gasteiger partial charge in [-0.05, 0) is 55.0 Å². The average Bonchev–Trinajstić information content (AvgIpc) is 3.48. The zero-order valence-electron chi connectivity index (χ0n) is 17.0. The number of terminal acetylenes is 1. The lowest BCUT2D eigenvalue weighted by Crippen LogP contribution is -2.42. The lowest BCUT2D eigenvalue weighted by Gasteiger charge is -2.46. The maximum atomic E-state index is 12.8. The molecule has 2 aliphatic rings. The van der Waals surface area contributed by atoms with E-state index in [1.54, 1.807) is 12.1 Å². The Kier molecular flexibility index (Phi) is 4.67. The van der Waals surface area contributed by atoms with Crippen molar-refractivity contribution in [1.29, 1.82) is 0 Å². The van der Waals surface area contributed by atoms with Gasteiger partial charge in [0.1, 0.15) is 0 Å². The Balaban J connectivity index is 1.40.